The molecule has 150 valence electrons. The minimum Gasteiger partial charge on any atom is -0.334 e. The van der Waals surface area contributed by atoms with E-state index >= 15 is 0 Å². The van der Waals surface area contributed by atoms with E-state index in [1.54, 1.807) is 0 Å². The Kier molecular flexibility index (Phi) is 4.95. The van der Waals surface area contributed by atoms with E-state index in [2.05, 4.69) is 9.97 Å². The summed E-state index contributed by atoms with van der Waals surface area (Å²) in [7, 11) is 0. The zero-order valence-electron chi connectivity index (χ0n) is 15.0. The molecule has 1 saturated heterocycles. The highest BCUT2D eigenvalue weighted by molar-refractivity contribution is 5.37. The van der Waals surface area contributed by atoms with E-state index in [0.717, 1.165) is 25.1 Å². The van der Waals surface area contributed by atoms with Gasteiger partial charge in [-0.25, -0.2) is 18.7 Å². The predicted molar refractivity (Wildman–Crippen MR) is 92.6 cm³/mol. The predicted octanol–water partition coefficient (Wildman–Crippen LogP) is 4.02. The van der Waals surface area contributed by atoms with Crippen LogP contribution in [-0.4, -0.2) is 40.0 Å². The van der Waals surface area contributed by atoms with Gasteiger partial charge in [-0.2, -0.15) is 13.2 Å². The zero-order chi connectivity index (χ0) is 19.9. The number of rotatable bonds is 5. The van der Waals surface area contributed by atoms with E-state index in [4.69, 9.17) is 0 Å². The molecule has 4 rings (SSSR count). The number of hydrogen-bond acceptors (Lipinski definition) is 4. The molecule has 2 fully saturated rings. The minimum absolute atomic E-state index is 0.0106. The molecule has 1 aromatic carbocycles. The number of benzene rings is 1. The summed E-state index contributed by atoms with van der Waals surface area (Å²) in [5.41, 5.74) is -0.956. The molecule has 0 amide bonds. The fourth-order valence-corrected chi connectivity index (χ4v) is 3.70. The first-order valence-electron chi connectivity index (χ1n) is 9.17. The van der Waals surface area contributed by atoms with Crippen LogP contribution in [0.4, 0.5) is 27.9 Å². The summed E-state index contributed by atoms with van der Waals surface area (Å²) >= 11 is 0. The summed E-state index contributed by atoms with van der Waals surface area (Å²) in [4.78, 5) is 11.6. The lowest BCUT2D eigenvalue weighted by atomic mass is 10.2. The number of anilines is 1. The zero-order valence-corrected chi connectivity index (χ0v) is 15.0. The van der Waals surface area contributed by atoms with Crippen LogP contribution in [0.5, 0.6) is 0 Å². The van der Waals surface area contributed by atoms with Crippen LogP contribution in [0.3, 0.4) is 0 Å². The molecule has 1 aromatic heterocycles. The third-order valence-electron chi connectivity index (χ3n) is 5.19. The van der Waals surface area contributed by atoms with Crippen LogP contribution in [-0.2, 0) is 12.7 Å². The molecule has 0 spiro atoms. The molecule has 1 aliphatic heterocycles. The van der Waals surface area contributed by atoms with E-state index in [9.17, 15) is 22.0 Å². The van der Waals surface area contributed by atoms with Gasteiger partial charge in [-0.1, -0.05) is 6.07 Å². The van der Waals surface area contributed by atoms with E-state index in [0.29, 0.717) is 19.5 Å². The van der Waals surface area contributed by atoms with E-state index < -0.39 is 23.5 Å². The summed E-state index contributed by atoms with van der Waals surface area (Å²) in [6, 6.07) is 4.64. The number of hydrogen-bond donors (Lipinski definition) is 0. The van der Waals surface area contributed by atoms with Gasteiger partial charge in [-0.05, 0) is 37.5 Å². The molecule has 2 aliphatic rings. The summed E-state index contributed by atoms with van der Waals surface area (Å²) < 4.78 is 66.9. The van der Waals surface area contributed by atoms with Crippen LogP contribution in [0.2, 0.25) is 0 Å². The number of halogens is 5. The van der Waals surface area contributed by atoms with Crippen molar-refractivity contribution in [3.8, 4) is 0 Å². The van der Waals surface area contributed by atoms with Gasteiger partial charge in [0.15, 0.2) is 0 Å². The van der Waals surface area contributed by atoms with Crippen LogP contribution in [0, 0.1) is 11.6 Å². The van der Waals surface area contributed by atoms with Crippen LogP contribution >= 0.6 is 0 Å². The molecule has 2 heterocycles. The molecule has 9 heteroatoms. The third kappa shape index (κ3) is 3.94. The van der Waals surface area contributed by atoms with Gasteiger partial charge in [-0.15, -0.1) is 0 Å². The number of likely N-dealkylation sites (tertiary alicyclic amines) is 1. The molecule has 0 radical (unpaired) electrons. The van der Waals surface area contributed by atoms with Crippen molar-refractivity contribution >= 4 is 5.95 Å². The Bertz CT molecular complexity index is 832. The standard InChI is InChI=1S/C19H19F5N4/c20-15-2-1-3-16(21)14(15)11-27-9-7-13(10-27)28(12-4-5-12)18-25-8-6-17(26-18)19(22,23)24/h1-3,6,8,12-13H,4-5,7,9-11H2. The molecule has 4 nitrogen and oxygen atoms in total. The monoisotopic (exact) mass is 398 g/mol. The normalized spacial score (nSPS) is 20.5. The molecule has 1 unspecified atom stereocenters. The quantitative estimate of drug-likeness (QED) is 0.713. The molecule has 0 N–H and O–H groups in total. The van der Waals surface area contributed by atoms with E-state index in [1.165, 1.54) is 18.2 Å². The van der Waals surface area contributed by atoms with Gasteiger partial charge in [0.05, 0.1) is 0 Å². The van der Waals surface area contributed by atoms with Crippen molar-refractivity contribution in [2.24, 2.45) is 0 Å². The number of aromatic nitrogens is 2. The molecule has 0 bridgehead atoms. The number of nitrogens with zero attached hydrogens (tertiary/aromatic N) is 4. The Hall–Kier alpha value is -2.29. The molecular formula is C19H19F5N4. The van der Waals surface area contributed by atoms with Crippen molar-refractivity contribution in [3.63, 3.8) is 0 Å². The number of alkyl halides is 3. The Labute approximate surface area is 159 Å². The van der Waals surface area contributed by atoms with Crippen LogP contribution < -0.4 is 4.90 Å². The molecule has 2 aromatic rings. The Balaban J connectivity index is 1.51. The second kappa shape index (κ2) is 7.27. The van der Waals surface area contributed by atoms with Gasteiger partial charge in [-0.3, -0.25) is 4.90 Å². The topological polar surface area (TPSA) is 32.3 Å². The van der Waals surface area contributed by atoms with Crippen molar-refractivity contribution in [1.82, 2.24) is 14.9 Å². The Morgan fingerprint density at radius 1 is 1.04 bits per heavy atom. The Morgan fingerprint density at radius 2 is 1.75 bits per heavy atom. The first kappa shape index (κ1) is 19.0. The second-order valence-electron chi connectivity index (χ2n) is 7.26. The highest BCUT2D eigenvalue weighted by Crippen LogP contribution is 2.36. The van der Waals surface area contributed by atoms with Crippen LogP contribution in [0.1, 0.15) is 30.5 Å². The van der Waals surface area contributed by atoms with Crippen molar-refractivity contribution in [2.75, 3.05) is 18.0 Å². The Morgan fingerprint density at radius 3 is 2.39 bits per heavy atom. The summed E-state index contributed by atoms with van der Waals surface area (Å²) in [5.74, 6) is -1.12. The first-order chi connectivity index (χ1) is 13.3. The summed E-state index contributed by atoms with van der Waals surface area (Å²) in [6.45, 7) is 1.21. The van der Waals surface area contributed by atoms with Gasteiger partial charge in [0.1, 0.15) is 17.3 Å². The van der Waals surface area contributed by atoms with Gasteiger partial charge in [0.2, 0.25) is 5.95 Å². The van der Waals surface area contributed by atoms with Gasteiger partial charge >= 0.3 is 6.18 Å². The van der Waals surface area contributed by atoms with E-state index in [1.807, 2.05) is 9.80 Å². The smallest absolute Gasteiger partial charge is 0.334 e. The maximum atomic E-state index is 13.9. The molecule has 1 saturated carbocycles. The maximum Gasteiger partial charge on any atom is 0.433 e. The molecule has 1 atom stereocenters. The van der Waals surface area contributed by atoms with Gasteiger partial charge in [0.25, 0.3) is 0 Å². The van der Waals surface area contributed by atoms with Crippen molar-refractivity contribution in [2.45, 2.75) is 44.1 Å². The van der Waals surface area contributed by atoms with E-state index in [-0.39, 0.29) is 30.1 Å². The maximum absolute atomic E-state index is 13.9. The first-order valence-corrected chi connectivity index (χ1v) is 9.17. The highest BCUT2D eigenvalue weighted by atomic mass is 19.4. The fourth-order valence-electron chi connectivity index (χ4n) is 3.70. The average Bonchev–Trinajstić information content (AvgIpc) is 3.36. The molecular weight excluding hydrogens is 379 g/mol. The summed E-state index contributed by atoms with van der Waals surface area (Å²) in [6.07, 6.45) is -0.985. The lowest BCUT2D eigenvalue weighted by Gasteiger charge is -2.29. The van der Waals surface area contributed by atoms with Crippen molar-refractivity contribution < 1.29 is 22.0 Å². The average molecular weight is 398 g/mol. The highest BCUT2D eigenvalue weighted by Gasteiger charge is 2.40. The van der Waals surface area contributed by atoms with Gasteiger partial charge < -0.3 is 4.90 Å². The lowest BCUT2D eigenvalue weighted by molar-refractivity contribution is -0.141. The minimum atomic E-state index is -4.53. The lowest BCUT2D eigenvalue weighted by Crippen LogP contribution is -2.40. The van der Waals surface area contributed by atoms with Crippen LogP contribution in [0.15, 0.2) is 30.5 Å². The van der Waals surface area contributed by atoms with Gasteiger partial charge in [0, 0.05) is 43.5 Å². The second-order valence-corrected chi connectivity index (χ2v) is 7.26. The van der Waals surface area contributed by atoms with Crippen molar-refractivity contribution in [1.29, 1.82) is 0 Å². The molecule has 28 heavy (non-hydrogen) atoms. The summed E-state index contributed by atoms with van der Waals surface area (Å²) in [5, 5.41) is 0. The third-order valence-corrected chi connectivity index (χ3v) is 5.19. The van der Waals surface area contributed by atoms with Crippen LogP contribution in [0.25, 0.3) is 0 Å². The SMILES string of the molecule is Fc1cccc(F)c1CN1CCC(N(c2nccc(C(F)(F)F)n2)C2CC2)C1. The van der Waals surface area contributed by atoms with Crippen molar-refractivity contribution in [3.05, 3.63) is 53.4 Å². The molecule has 1 aliphatic carbocycles. The fraction of sp³-hybridized carbons (Fsp3) is 0.474. The largest absolute Gasteiger partial charge is 0.433 e.